The number of halogens is 3. The van der Waals surface area contributed by atoms with E-state index in [2.05, 4.69) is 16.7 Å². The number of nitrogens with zero attached hydrogens (tertiary/aromatic N) is 3. The minimum Gasteiger partial charge on any atom is -0.389 e. The lowest BCUT2D eigenvalue weighted by atomic mass is 9.85. The second kappa shape index (κ2) is 9.52. The van der Waals surface area contributed by atoms with Crippen molar-refractivity contribution in [2.75, 3.05) is 13.1 Å². The summed E-state index contributed by atoms with van der Waals surface area (Å²) in [6.45, 7) is 5.77. The Morgan fingerprint density at radius 1 is 1.28 bits per heavy atom. The van der Waals surface area contributed by atoms with E-state index in [1.807, 2.05) is 24.2 Å². The summed E-state index contributed by atoms with van der Waals surface area (Å²) in [5, 5.41) is 16.7. The molecule has 2 aromatic heterocycles. The van der Waals surface area contributed by atoms with E-state index in [1.165, 1.54) is 29.4 Å². The molecule has 2 aromatic rings. The molecular formula is C23H25F3N4O2. The van der Waals surface area contributed by atoms with Crippen LogP contribution in [0.25, 0.3) is 11.3 Å². The highest BCUT2D eigenvalue weighted by atomic mass is 19.4. The van der Waals surface area contributed by atoms with E-state index in [-0.39, 0.29) is 31.6 Å². The molecule has 0 unspecified atom stereocenters. The number of amides is 1. The van der Waals surface area contributed by atoms with Gasteiger partial charge in [0, 0.05) is 31.0 Å². The second-order valence-electron chi connectivity index (χ2n) is 7.88. The van der Waals surface area contributed by atoms with Gasteiger partial charge >= 0.3 is 6.18 Å². The number of carbonyl (C=O) groups is 1. The van der Waals surface area contributed by atoms with Crippen LogP contribution < -0.4 is 0 Å². The summed E-state index contributed by atoms with van der Waals surface area (Å²) in [6, 6.07) is 3.00. The number of hydrogen-bond donors (Lipinski definition) is 2. The maximum atomic E-state index is 13.6. The molecular weight excluding hydrogens is 421 g/mol. The van der Waals surface area contributed by atoms with Crippen LogP contribution in [0, 0.1) is 0 Å². The Morgan fingerprint density at radius 2 is 1.94 bits per heavy atom. The van der Waals surface area contributed by atoms with Crippen molar-refractivity contribution in [3.05, 3.63) is 72.2 Å². The van der Waals surface area contributed by atoms with Gasteiger partial charge in [-0.25, -0.2) is 0 Å². The molecule has 3 heterocycles. The van der Waals surface area contributed by atoms with E-state index in [0.717, 1.165) is 5.57 Å². The molecule has 0 aliphatic carbocycles. The Bertz CT molecular complexity index is 1020. The van der Waals surface area contributed by atoms with Gasteiger partial charge in [-0.05, 0) is 38.3 Å². The molecule has 1 fully saturated rings. The number of alkyl halides is 3. The molecule has 1 amide bonds. The van der Waals surface area contributed by atoms with E-state index >= 15 is 0 Å². The molecule has 0 saturated carbocycles. The molecule has 6 nitrogen and oxygen atoms in total. The molecule has 0 spiro atoms. The van der Waals surface area contributed by atoms with Crippen LogP contribution in [0.3, 0.4) is 0 Å². The Balaban J connectivity index is 1.81. The van der Waals surface area contributed by atoms with E-state index in [9.17, 15) is 23.1 Å². The highest BCUT2D eigenvalue weighted by molar-refractivity contribution is 6.01. The van der Waals surface area contributed by atoms with Gasteiger partial charge in [-0.15, -0.1) is 0 Å². The molecule has 2 N–H and O–H groups in total. The maximum Gasteiger partial charge on any atom is 0.433 e. The molecule has 170 valence electrons. The number of rotatable bonds is 6. The Morgan fingerprint density at radius 3 is 2.53 bits per heavy atom. The quantitative estimate of drug-likeness (QED) is 0.639. The fraction of sp³-hybridized carbons (Fsp3) is 0.348. The van der Waals surface area contributed by atoms with Gasteiger partial charge < -0.3 is 10.0 Å². The highest BCUT2D eigenvalue weighted by Gasteiger charge is 2.42. The number of aromatic amines is 1. The number of carbonyl (C=O) groups excluding carboxylic acids is 1. The molecule has 1 aliphatic heterocycles. The third-order valence-electron chi connectivity index (χ3n) is 5.43. The van der Waals surface area contributed by atoms with Crippen molar-refractivity contribution in [1.82, 2.24) is 20.1 Å². The van der Waals surface area contributed by atoms with Crippen LogP contribution >= 0.6 is 0 Å². The lowest BCUT2D eigenvalue weighted by Crippen LogP contribution is -2.47. The van der Waals surface area contributed by atoms with Gasteiger partial charge in [0.1, 0.15) is 5.69 Å². The largest absolute Gasteiger partial charge is 0.433 e. The van der Waals surface area contributed by atoms with Crippen LogP contribution in [-0.2, 0) is 6.18 Å². The van der Waals surface area contributed by atoms with Crippen molar-refractivity contribution in [2.45, 2.75) is 38.0 Å². The molecule has 0 atom stereocenters. The average molecular weight is 446 g/mol. The van der Waals surface area contributed by atoms with Crippen LogP contribution in [-0.4, -0.2) is 49.8 Å². The fourth-order valence-electron chi connectivity index (χ4n) is 3.81. The number of aromatic nitrogens is 3. The molecule has 1 saturated heterocycles. The number of allylic oxidation sites excluding steroid dienone is 4. The summed E-state index contributed by atoms with van der Waals surface area (Å²) < 4.78 is 40.8. The summed E-state index contributed by atoms with van der Waals surface area (Å²) in [5.74, 6) is -0.763. The van der Waals surface area contributed by atoms with Crippen LogP contribution in [0.4, 0.5) is 13.2 Å². The van der Waals surface area contributed by atoms with Crippen LogP contribution in [0.2, 0.25) is 0 Å². The van der Waals surface area contributed by atoms with Gasteiger partial charge in [-0.2, -0.15) is 18.3 Å². The third-order valence-corrected chi connectivity index (χ3v) is 5.43. The summed E-state index contributed by atoms with van der Waals surface area (Å²) in [7, 11) is 0. The SMILES string of the molecule is C=C/C=C\C=C(/C)CC1(O)CCN(C(=O)c2c(-c3ccncc3)n[nH]c2C(F)(F)F)CC1. The number of hydrogen-bond acceptors (Lipinski definition) is 4. The predicted octanol–water partition coefficient (Wildman–Crippen LogP) is 4.54. The first-order valence-corrected chi connectivity index (χ1v) is 10.2. The normalized spacial score (nSPS) is 17.0. The van der Waals surface area contributed by atoms with Crippen LogP contribution in [0.5, 0.6) is 0 Å². The molecule has 3 rings (SSSR count). The zero-order chi connectivity index (χ0) is 23.4. The van der Waals surface area contributed by atoms with Gasteiger partial charge in [0.15, 0.2) is 5.69 Å². The predicted molar refractivity (Wildman–Crippen MR) is 115 cm³/mol. The molecule has 0 radical (unpaired) electrons. The topological polar surface area (TPSA) is 82.1 Å². The third kappa shape index (κ3) is 5.34. The lowest BCUT2D eigenvalue weighted by Gasteiger charge is -2.38. The number of pyridine rings is 1. The molecule has 9 heteroatoms. The Kier molecular flexibility index (Phi) is 6.98. The van der Waals surface area contributed by atoms with Gasteiger partial charge in [-0.1, -0.05) is 36.5 Å². The zero-order valence-electron chi connectivity index (χ0n) is 17.7. The lowest BCUT2D eigenvalue weighted by molar-refractivity contribution is -0.141. The summed E-state index contributed by atoms with van der Waals surface area (Å²) >= 11 is 0. The summed E-state index contributed by atoms with van der Waals surface area (Å²) in [5.41, 5.74) is -1.46. The number of nitrogens with one attached hydrogen (secondary N) is 1. The molecule has 0 aromatic carbocycles. The maximum absolute atomic E-state index is 13.6. The Hall–Kier alpha value is -3.20. The first-order chi connectivity index (χ1) is 15.1. The number of aliphatic hydroxyl groups is 1. The number of H-pyrrole nitrogens is 1. The van der Waals surface area contributed by atoms with Crippen molar-refractivity contribution in [2.24, 2.45) is 0 Å². The number of piperidine rings is 1. The van der Waals surface area contributed by atoms with Crippen LogP contribution in [0.1, 0.15) is 42.2 Å². The first kappa shape index (κ1) is 23.5. The van der Waals surface area contributed by atoms with E-state index in [0.29, 0.717) is 12.0 Å². The van der Waals surface area contributed by atoms with Crippen molar-refractivity contribution >= 4 is 5.91 Å². The minimum absolute atomic E-state index is 0.0710. The van der Waals surface area contributed by atoms with Crippen molar-refractivity contribution < 1.29 is 23.1 Å². The first-order valence-electron chi connectivity index (χ1n) is 10.2. The van der Waals surface area contributed by atoms with E-state index in [1.54, 1.807) is 12.2 Å². The molecule has 0 bridgehead atoms. The number of likely N-dealkylation sites (tertiary alicyclic amines) is 1. The Labute approximate surface area is 184 Å². The van der Waals surface area contributed by atoms with Gasteiger partial charge in [0.2, 0.25) is 0 Å². The highest BCUT2D eigenvalue weighted by Crippen LogP contribution is 2.37. The molecule has 1 aliphatic rings. The van der Waals surface area contributed by atoms with Crippen molar-refractivity contribution in [3.63, 3.8) is 0 Å². The average Bonchev–Trinajstić information content (AvgIpc) is 3.20. The van der Waals surface area contributed by atoms with Crippen LogP contribution in [0.15, 0.2) is 61.0 Å². The van der Waals surface area contributed by atoms with Gasteiger partial charge in [-0.3, -0.25) is 14.9 Å². The van der Waals surface area contributed by atoms with Crippen molar-refractivity contribution in [3.8, 4) is 11.3 Å². The van der Waals surface area contributed by atoms with Crippen molar-refractivity contribution in [1.29, 1.82) is 0 Å². The molecule has 32 heavy (non-hydrogen) atoms. The zero-order valence-corrected chi connectivity index (χ0v) is 17.7. The smallest absolute Gasteiger partial charge is 0.389 e. The van der Waals surface area contributed by atoms with E-state index in [4.69, 9.17) is 0 Å². The second-order valence-corrected chi connectivity index (χ2v) is 7.88. The minimum atomic E-state index is -4.76. The van der Waals surface area contributed by atoms with Gasteiger partial charge in [0.05, 0.1) is 11.2 Å². The summed E-state index contributed by atoms with van der Waals surface area (Å²) in [6.07, 6.45) is 6.14. The standard InChI is InChI=1S/C23H25F3N4O2/c1-3-4-5-6-16(2)15-22(32)9-13-30(14-10-22)21(31)18-19(17-7-11-27-12-8-17)28-29-20(18)23(24,25)26/h3-8,11-12,32H,1,9-10,13-15H2,2H3,(H,28,29)/b5-4-,16-6+. The van der Waals surface area contributed by atoms with Gasteiger partial charge in [0.25, 0.3) is 5.91 Å². The fourth-order valence-corrected chi connectivity index (χ4v) is 3.81. The van der Waals surface area contributed by atoms with E-state index < -0.39 is 28.9 Å². The summed E-state index contributed by atoms with van der Waals surface area (Å²) in [4.78, 5) is 18.4. The monoisotopic (exact) mass is 446 g/mol.